The first kappa shape index (κ1) is 15.8. The van der Waals surface area contributed by atoms with E-state index in [-0.39, 0.29) is 11.9 Å². The molecule has 0 bridgehead atoms. The maximum atomic E-state index is 12.3. The summed E-state index contributed by atoms with van der Waals surface area (Å²) in [6.45, 7) is 5.98. The van der Waals surface area contributed by atoms with Crippen LogP contribution < -0.4 is 10.2 Å². The standard InChI is InChI=1S/C17H22N4OS/c1-14(16-18-7-12-23-16)13-19-17(22)21-10-8-20(9-11-21)15-5-3-2-4-6-15/h2-7,12,14H,8-11,13H2,1H3,(H,19,22)/t14-/m1/s1. The Hall–Kier alpha value is -2.08. The molecule has 1 aromatic carbocycles. The molecule has 1 aliphatic heterocycles. The number of carbonyl (C=O) groups excluding carboxylic acids is 1. The summed E-state index contributed by atoms with van der Waals surface area (Å²) in [4.78, 5) is 20.8. The van der Waals surface area contributed by atoms with Gasteiger partial charge >= 0.3 is 6.03 Å². The minimum absolute atomic E-state index is 0.0288. The van der Waals surface area contributed by atoms with Crippen molar-refractivity contribution in [2.45, 2.75) is 12.8 Å². The first-order valence-electron chi connectivity index (χ1n) is 7.96. The van der Waals surface area contributed by atoms with Crippen LogP contribution in [-0.2, 0) is 0 Å². The van der Waals surface area contributed by atoms with E-state index in [1.54, 1.807) is 17.5 Å². The van der Waals surface area contributed by atoms with E-state index in [2.05, 4.69) is 46.4 Å². The van der Waals surface area contributed by atoms with E-state index in [1.165, 1.54) is 5.69 Å². The summed E-state index contributed by atoms with van der Waals surface area (Å²) >= 11 is 1.63. The van der Waals surface area contributed by atoms with Crippen LogP contribution in [0, 0.1) is 0 Å². The third-order valence-corrected chi connectivity index (χ3v) is 5.13. The van der Waals surface area contributed by atoms with E-state index in [4.69, 9.17) is 0 Å². The molecule has 0 saturated carbocycles. The highest BCUT2D eigenvalue weighted by atomic mass is 32.1. The van der Waals surface area contributed by atoms with Gasteiger partial charge in [-0.05, 0) is 12.1 Å². The Morgan fingerprint density at radius 3 is 2.65 bits per heavy atom. The van der Waals surface area contributed by atoms with Gasteiger partial charge < -0.3 is 15.1 Å². The Bertz CT molecular complexity index is 609. The summed E-state index contributed by atoms with van der Waals surface area (Å²) in [6.07, 6.45) is 1.81. The number of anilines is 1. The number of thiazole rings is 1. The summed E-state index contributed by atoms with van der Waals surface area (Å²) in [5, 5.41) is 6.07. The molecule has 2 amide bonds. The number of urea groups is 1. The zero-order valence-electron chi connectivity index (χ0n) is 13.3. The molecular weight excluding hydrogens is 308 g/mol. The van der Waals surface area contributed by atoms with Gasteiger partial charge in [-0.2, -0.15) is 0 Å². The molecular formula is C17H22N4OS. The lowest BCUT2D eigenvalue weighted by Gasteiger charge is -2.36. The first-order chi connectivity index (χ1) is 11.2. The van der Waals surface area contributed by atoms with Crippen molar-refractivity contribution in [1.29, 1.82) is 0 Å². The number of benzene rings is 1. The minimum Gasteiger partial charge on any atom is -0.368 e. The van der Waals surface area contributed by atoms with Crippen LogP contribution >= 0.6 is 11.3 Å². The molecule has 1 N–H and O–H groups in total. The molecule has 0 radical (unpaired) electrons. The van der Waals surface area contributed by atoms with Crippen molar-refractivity contribution in [3.63, 3.8) is 0 Å². The summed E-state index contributed by atoms with van der Waals surface area (Å²) in [5.74, 6) is 0.254. The Kier molecular flexibility index (Phi) is 5.12. The normalized spacial score (nSPS) is 16.2. The molecule has 2 heterocycles. The first-order valence-corrected chi connectivity index (χ1v) is 8.84. The molecule has 122 valence electrons. The lowest BCUT2D eigenvalue weighted by Crippen LogP contribution is -2.52. The van der Waals surface area contributed by atoms with Crippen molar-refractivity contribution >= 4 is 23.1 Å². The maximum absolute atomic E-state index is 12.3. The fourth-order valence-corrected chi connectivity index (χ4v) is 3.42. The number of amides is 2. The zero-order valence-corrected chi connectivity index (χ0v) is 14.1. The Balaban J connectivity index is 1.45. The predicted octanol–water partition coefficient (Wildman–Crippen LogP) is 2.78. The second kappa shape index (κ2) is 7.46. The SMILES string of the molecule is C[C@H](CNC(=O)N1CCN(c2ccccc2)CC1)c1nccs1. The molecule has 5 nitrogen and oxygen atoms in total. The van der Waals surface area contributed by atoms with Crippen LogP contribution in [0.3, 0.4) is 0 Å². The second-order valence-electron chi connectivity index (χ2n) is 5.77. The van der Waals surface area contributed by atoms with Gasteiger partial charge in [0.2, 0.25) is 0 Å². The van der Waals surface area contributed by atoms with E-state index >= 15 is 0 Å². The average molecular weight is 330 g/mol. The van der Waals surface area contributed by atoms with Crippen molar-refractivity contribution in [3.05, 3.63) is 46.9 Å². The number of nitrogens with one attached hydrogen (secondary N) is 1. The van der Waals surface area contributed by atoms with Crippen LogP contribution in [0.15, 0.2) is 41.9 Å². The molecule has 0 spiro atoms. The maximum Gasteiger partial charge on any atom is 0.317 e. The summed E-state index contributed by atoms with van der Waals surface area (Å²) < 4.78 is 0. The number of hydrogen-bond donors (Lipinski definition) is 1. The van der Waals surface area contributed by atoms with E-state index in [0.717, 1.165) is 31.2 Å². The van der Waals surface area contributed by atoms with Gasteiger partial charge in [0.25, 0.3) is 0 Å². The molecule has 1 saturated heterocycles. The van der Waals surface area contributed by atoms with E-state index < -0.39 is 0 Å². The minimum atomic E-state index is 0.0288. The van der Waals surface area contributed by atoms with Gasteiger partial charge in [-0.1, -0.05) is 25.1 Å². The van der Waals surface area contributed by atoms with Gasteiger partial charge in [-0.15, -0.1) is 11.3 Å². The van der Waals surface area contributed by atoms with Crippen molar-refractivity contribution in [3.8, 4) is 0 Å². The number of nitrogens with zero attached hydrogens (tertiary/aromatic N) is 3. The summed E-state index contributed by atoms with van der Waals surface area (Å²) in [5.41, 5.74) is 1.23. The van der Waals surface area contributed by atoms with E-state index in [1.807, 2.05) is 16.3 Å². The lowest BCUT2D eigenvalue weighted by molar-refractivity contribution is 0.194. The molecule has 3 rings (SSSR count). The lowest BCUT2D eigenvalue weighted by atomic mass is 10.2. The van der Waals surface area contributed by atoms with Crippen LogP contribution in [0.4, 0.5) is 10.5 Å². The van der Waals surface area contributed by atoms with Crippen LogP contribution in [-0.4, -0.2) is 48.6 Å². The molecule has 0 aliphatic carbocycles. The highest BCUT2D eigenvalue weighted by Gasteiger charge is 2.21. The van der Waals surface area contributed by atoms with Crippen molar-refractivity contribution in [2.24, 2.45) is 0 Å². The largest absolute Gasteiger partial charge is 0.368 e. The van der Waals surface area contributed by atoms with Gasteiger partial charge in [0.1, 0.15) is 0 Å². The molecule has 1 aliphatic rings. The van der Waals surface area contributed by atoms with Crippen molar-refractivity contribution < 1.29 is 4.79 Å². The fraction of sp³-hybridized carbons (Fsp3) is 0.412. The van der Waals surface area contributed by atoms with Crippen LogP contribution in [0.2, 0.25) is 0 Å². The predicted molar refractivity (Wildman–Crippen MR) is 94.2 cm³/mol. The third-order valence-electron chi connectivity index (χ3n) is 4.12. The molecule has 23 heavy (non-hydrogen) atoms. The van der Waals surface area contributed by atoms with Gasteiger partial charge in [-0.25, -0.2) is 9.78 Å². The third kappa shape index (κ3) is 4.01. The van der Waals surface area contributed by atoms with Crippen molar-refractivity contribution in [2.75, 3.05) is 37.6 Å². The van der Waals surface area contributed by atoms with E-state index in [0.29, 0.717) is 6.54 Å². The summed E-state index contributed by atoms with van der Waals surface area (Å²) in [7, 11) is 0. The molecule has 2 aromatic rings. The quantitative estimate of drug-likeness (QED) is 0.938. The monoisotopic (exact) mass is 330 g/mol. The highest BCUT2D eigenvalue weighted by Crippen LogP contribution is 2.17. The highest BCUT2D eigenvalue weighted by molar-refractivity contribution is 7.09. The smallest absolute Gasteiger partial charge is 0.317 e. The number of aromatic nitrogens is 1. The zero-order chi connectivity index (χ0) is 16.1. The number of piperazine rings is 1. The molecule has 0 unspecified atom stereocenters. The van der Waals surface area contributed by atoms with E-state index in [9.17, 15) is 4.79 Å². The number of para-hydroxylation sites is 1. The van der Waals surface area contributed by atoms with Crippen LogP contribution in [0.5, 0.6) is 0 Å². The Morgan fingerprint density at radius 1 is 1.26 bits per heavy atom. The Morgan fingerprint density at radius 2 is 2.00 bits per heavy atom. The second-order valence-corrected chi connectivity index (χ2v) is 6.69. The van der Waals surface area contributed by atoms with Gasteiger partial charge in [-0.3, -0.25) is 0 Å². The van der Waals surface area contributed by atoms with Gasteiger partial charge in [0.05, 0.1) is 5.01 Å². The Labute approximate surface area is 140 Å². The molecule has 1 aromatic heterocycles. The van der Waals surface area contributed by atoms with Gasteiger partial charge in [0, 0.05) is 55.9 Å². The molecule has 1 fully saturated rings. The number of hydrogen-bond acceptors (Lipinski definition) is 4. The number of carbonyl (C=O) groups is 1. The fourth-order valence-electron chi connectivity index (χ4n) is 2.72. The van der Waals surface area contributed by atoms with Crippen LogP contribution in [0.1, 0.15) is 17.8 Å². The van der Waals surface area contributed by atoms with Gasteiger partial charge in [0.15, 0.2) is 0 Å². The van der Waals surface area contributed by atoms with Crippen LogP contribution in [0.25, 0.3) is 0 Å². The molecule has 6 heteroatoms. The summed E-state index contributed by atoms with van der Waals surface area (Å²) in [6, 6.07) is 10.4. The topological polar surface area (TPSA) is 48.5 Å². The molecule has 1 atom stereocenters. The number of rotatable bonds is 4. The van der Waals surface area contributed by atoms with Crippen molar-refractivity contribution in [1.82, 2.24) is 15.2 Å². The average Bonchev–Trinajstić information content (AvgIpc) is 3.15.